The number of amides is 1. The normalized spacial score (nSPS) is 29.6. The van der Waals surface area contributed by atoms with E-state index >= 15 is 0 Å². The van der Waals surface area contributed by atoms with Crippen LogP contribution in [-0.2, 0) is 30.8 Å². The Balaban J connectivity index is 1.37. The lowest BCUT2D eigenvalue weighted by Crippen LogP contribution is -2.50. The van der Waals surface area contributed by atoms with Gasteiger partial charge < -0.3 is 14.1 Å². The Bertz CT molecular complexity index is 1370. The predicted octanol–water partition coefficient (Wildman–Crippen LogP) is 4.34. The zero-order valence-electron chi connectivity index (χ0n) is 21.7. The molecule has 4 atom stereocenters. The molecule has 1 aromatic heterocycles. The van der Waals surface area contributed by atoms with Crippen LogP contribution in [0.15, 0.2) is 57.9 Å². The third-order valence-corrected chi connectivity index (χ3v) is 10.6. The fourth-order valence-electron chi connectivity index (χ4n) is 7.22. The molecule has 3 aliphatic heterocycles. The number of allylic oxidation sites excluding steroid dienone is 1. The van der Waals surface area contributed by atoms with Gasteiger partial charge in [0.15, 0.2) is 0 Å². The van der Waals surface area contributed by atoms with Crippen molar-refractivity contribution >= 4 is 21.9 Å². The van der Waals surface area contributed by atoms with Crippen molar-refractivity contribution in [3.63, 3.8) is 0 Å². The summed E-state index contributed by atoms with van der Waals surface area (Å²) in [5, 5.41) is 0. The van der Waals surface area contributed by atoms with Crippen molar-refractivity contribution in [3.8, 4) is 0 Å². The zero-order valence-corrected chi connectivity index (χ0v) is 22.5. The largest absolute Gasteiger partial charge is 0.466 e. The molecule has 2 fully saturated rings. The van der Waals surface area contributed by atoms with E-state index in [9.17, 15) is 18.0 Å². The van der Waals surface area contributed by atoms with Crippen molar-refractivity contribution in [1.82, 2.24) is 9.21 Å². The maximum atomic E-state index is 13.7. The Hall–Kier alpha value is -2.91. The van der Waals surface area contributed by atoms with E-state index in [2.05, 4.69) is 18.2 Å². The Kier molecular flexibility index (Phi) is 6.46. The number of hydrogen-bond donors (Lipinski definition) is 0. The number of aryl methyl sites for hydroxylation is 1. The van der Waals surface area contributed by atoms with Gasteiger partial charge in [0, 0.05) is 38.3 Å². The molecule has 4 heterocycles. The molecule has 1 aromatic carbocycles. The lowest BCUT2D eigenvalue weighted by atomic mass is 9.69. The SMILES string of the molecule is CC(=O)OCCCc1cc2c(o1)[C@H]1N3C(=O)CCC/C=C\[C@@H]3C[C@]13CN(S(=O)(=O)c1ccccc1)CC[C@H]23. The smallest absolute Gasteiger partial charge is 0.302 e. The van der Waals surface area contributed by atoms with Crippen LogP contribution >= 0.6 is 0 Å². The molecule has 0 bridgehead atoms. The van der Waals surface area contributed by atoms with Gasteiger partial charge in [0.1, 0.15) is 11.5 Å². The molecule has 8 nitrogen and oxygen atoms in total. The number of hydrogen-bond acceptors (Lipinski definition) is 6. The van der Waals surface area contributed by atoms with Crippen molar-refractivity contribution in [2.24, 2.45) is 5.41 Å². The van der Waals surface area contributed by atoms with Crippen LogP contribution in [0.25, 0.3) is 0 Å². The van der Waals surface area contributed by atoms with Gasteiger partial charge in [-0.25, -0.2) is 8.42 Å². The van der Waals surface area contributed by atoms with Crippen LogP contribution in [0.5, 0.6) is 0 Å². The van der Waals surface area contributed by atoms with Crippen LogP contribution in [0, 0.1) is 5.41 Å². The number of carbonyl (C=O) groups excluding carboxylic acids is 2. The first kappa shape index (κ1) is 25.4. The first-order chi connectivity index (χ1) is 18.3. The van der Waals surface area contributed by atoms with Gasteiger partial charge in [-0.15, -0.1) is 0 Å². The lowest BCUT2D eigenvalue weighted by molar-refractivity contribution is -0.141. The molecule has 4 aliphatic rings. The fourth-order valence-corrected chi connectivity index (χ4v) is 8.77. The Morgan fingerprint density at radius 2 is 2.05 bits per heavy atom. The summed E-state index contributed by atoms with van der Waals surface area (Å²) in [6, 6.07) is 10.4. The summed E-state index contributed by atoms with van der Waals surface area (Å²) in [6.07, 6.45) is 9.18. The van der Waals surface area contributed by atoms with E-state index in [1.165, 1.54) is 6.92 Å². The van der Waals surface area contributed by atoms with Crippen LogP contribution in [0.2, 0.25) is 0 Å². The van der Waals surface area contributed by atoms with Gasteiger partial charge in [0.2, 0.25) is 15.9 Å². The summed E-state index contributed by atoms with van der Waals surface area (Å²) >= 11 is 0. The summed E-state index contributed by atoms with van der Waals surface area (Å²) in [7, 11) is -3.67. The van der Waals surface area contributed by atoms with E-state index in [1.54, 1.807) is 28.6 Å². The van der Waals surface area contributed by atoms with Crippen LogP contribution in [0.1, 0.15) is 74.5 Å². The molecule has 0 saturated carbocycles. The second-order valence-corrected chi connectivity index (χ2v) is 12.9. The van der Waals surface area contributed by atoms with E-state index < -0.39 is 15.4 Å². The van der Waals surface area contributed by atoms with E-state index in [0.29, 0.717) is 50.3 Å². The molecule has 1 amide bonds. The minimum atomic E-state index is -3.67. The van der Waals surface area contributed by atoms with Crippen LogP contribution < -0.4 is 0 Å². The van der Waals surface area contributed by atoms with E-state index in [4.69, 9.17) is 9.15 Å². The molecule has 1 aliphatic carbocycles. The third kappa shape index (κ3) is 4.11. The number of furan rings is 1. The zero-order chi connectivity index (χ0) is 26.5. The number of carbonyl (C=O) groups is 2. The van der Waals surface area contributed by atoms with Gasteiger partial charge in [-0.3, -0.25) is 9.59 Å². The van der Waals surface area contributed by atoms with E-state index in [-0.39, 0.29) is 29.9 Å². The highest BCUT2D eigenvalue weighted by atomic mass is 32.2. The summed E-state index contributed by atoms with van der Waals surface area (Å²) in [5.41, 5.74) is 0.686. The van der Waals surface area contributed by atoms with Crippen LogP contribution in [0.3, 0.4) is 0 Å². The van der Waals surface area contributed by atoms with Gasteiger partial charge in [-0.2, -0.15) is 4.31 Å². The summed E-state index contributed by atoms with van der Waals surface area (Å²) < 4.78 is 40.6. The van der Waals surface area contributed by atoms with Crippen molar-refractivity contribution in [2.45, 2.75) is 74.8 Å². The van der Waals surface area contributed by atoms with Gasteiger partial charge in [-0.1, -0.05) is 30.4 Å². The second-order valence-electron chi connectivity index (χ2n) is 11.0. The summed E-state index contributed by atoms with van der Waals surface area (Å²) in [5.74, 6) is 1.58. The number of rotatable bonds is 6. The number of benzene rings is 1. The van der Waals surface area contributed by atoms with Crippen molar-refractivity contribution in [2.75, 3.05) is 19.7 Å². The Labute approximate surface area is 223 Å². The molecule has 2 aromatic rings. The van der Waals surface area contributed by atoms with Crippen molar-refractivity contribution in [1.29, 1.82) is 0 Å². The molecular formula is C29H34N2O6S. The molecule has 6 rings (SSSR count). The molecule has 2 saturated heterocycles. The standard InChI is InChI=1S/C29H34N2O6S/c1-20(32)36-16-8-10-22-17-24-25-14-15-30(38(34,35)23-11-5-3-6-12-23)19-29(25)18-21-9-4-2-7-13-26(33)31(21)28(29)27(24)37-22/h3-6,9,11-12,17,21,25,28H,2,7-8,10,13-16,18-19H2,1H3/b9-4-/t21-,25-,28-,29-/m1/s1. The van der Waals surface area contributed by atoms with E-state index in [0.717, 1.165) is 36.3 Å². The minimum absolute atomic E-state index is 0.0691. The van der Waals surface area contributed by atoms with E-state index in [1.807, 2.05) is 11.0 Å². The third-order valence-electron chi connectivity index (χ3n) is 8.73. The topological polar surface area (TPSA) is 97.1 Å². The summed E-state index contributed by atoms with van der Waals surface area (Å²) in [6.45, 7) is 2.52. The maximum absolute atomic E-state index is 13.7. The quantitative estimate of drug-likeness (QED) is 0.308. The molecule has 202 valence electrons. The highest BCUT2D eigenvalue weighted by Crippen LogP contribution is 2.67. The number of nitrogens with zero attached hydrogens (tertiary/aromatic N) is 2. The summed E-state index contributed by atoms with van der Waals surface area (Å²) in [4.78, 5) is 26.9. The number of esters is 1. The fraction of sp³-hybridized carbons (Fsp3) is 0.517. The first-order valence-corrected chi connectivity index (χ1v) is 15.0. The lowest BCUT2D eigenvalue weighted by Gasteiger charge is -2.44. The number of piperidine rings is 1. The molecule has 9 heteroatoms. The molecule has 0 radical (unpaired) electrons. The predicted molar refractivity (Wildman–Crippen MR) is 140 cm³/mol. The maximum Gasteiger partial charge on any atom is 0.302 e. The van der Waals surface area contributed by atoms with Crippen LogP contribution in [-0.4, -0.2) is 55.2 Å². The van der Waals surface area contributed by atoms with Crippen molar-refractivity contribution < 1.29 is 27.2 Å². The minimum Gasteiger partial charge on any atom is -0.466 e. The molecular weight excluding hydrogens is 504 g/mol. The molecule has 0 unspecified atom stereocenters. The van der Waals surface area contributed by atoms with Crippen LogP contribution in [0.4, 0.5) is 0 Å². The molecule has 0 N–H and O–H groups in total. The number of fused-ring (bicyclic) bond motifs is 5. The van der Waals surface area contributed by atoms with Gasteiger partial charge >= 0.3 is 5.97 Å². The number of sulfonamides is 1. The average molecular weight is 539 g/mol. The molecule has 1 spiro atoms. The van der Waals surface area contributed by atoms with Gasteiger partial charge in [0.25, 0.3) is 0 Å². The first-order valence-electron chi connectivity index (χ1n) is 13.6. The van der Waals surface area contributed by atoms with Gasteiger partial charge in [-0.05, 0) is 61.8 Å². The Morgan fingerprint density at radius 1 is 1.24 bits per heavy atom. The Morgan fingerprint density at radius 3 is 2.84 bits per heavy atom. The van der Waals surface area contributed by atoms with Crippen molar-refractivity contribution in [3.05, 3.63) is 65.6 Å². The van der Waals surface area contributed by atoms with Gasteiger partial charge in [0.05, 0.1) is 23.6 Å². The number of ether oxygens (including phenoxy) is 1. The second kappa shape index (κ2) is 9.68. The average Bonchev–Trinajstić information content (AvgIpc) is 3.50. The monoisotopic (exact) mass is 538 g/mol. The molecule has 38 heavy (non-hydrogen) atoms. The highest BCUT2D eigenvalue weighted by molar-refractivity contribution is 7.89. The highest BCUT2D eigenvalue weighted by Gasteiger charge is 2.66.